The summed E-state index contributed by atoms with van der Waals surface area (Å²) in [7, 11) is 1.39. The lowest BCUT2D eigenvalue weighted by molar-refractivity contribution is -0.142. The van der Waals surface area contributed by atoms with Crippen LogP contribution >= 0.6 is 0 Å². The summed E-state index contributed by atoms with van der Waals surface area (Å²) in [4.78, 5) is 25.9. The number of esters is 1. The molecule has 0 aromatic carbocycles. The van der Waals surface area contributed by atoms with Crippen LogP contribution in [0.5, 0.6) is 0 Å². The van der Waals surface area contributed by atoms with Gasteiger partial charge in [0.25, 0.3) is 0 Å². The Morgan fingerprint density at radius 2 is 1.95 bits per heavy atom. The highest BCUT2D eigenvalue weighted by Gasteiger charge is 2.22. The van der Waals surface area contributed by atoms with Crippen molar-refractivity contribution in [1.29, 1.82) is 0 Å². The lowest BCUT2D eigenvalue weighted by Crippen LogP contribution is -2.38. The van der Waals surface area contributed by atoms with Gasteiger partial charge in [-0.25, -0.2) is 0 Å². The number of carbonyl (C=O) groups is 2. The van der Waals surface area contributed by atoms with Gasteiger partial charge in [-0.3, -0.25) is 9.59 Å². The van der Waals surface area contributed by atoms with E-state index in [1.54, 1.807) is 0 Å². The zero-order chi connectivity index (χ0) is 16.4. The molecule has 1 rings (SSSR count). The van der Waals surface area contributed by atoms with E-state index in [-0.39, 0.29) is 24.2 Å². The van der Waals surface area contributed by atoms with Crippen molar-refractivity contribution in [3.63, 3.8) is 0 Å². The van der Waals surface area contributed by atoms with Gasteiger partial charge in [0.2, 0.25) is 5.91 Å². The molecule has 1 aliphatic rings. The van der Waals surface area contributed by atoms with Crippen LogP contribution < -0.4 is 0 Å². The van der Waals surface area contributed by atoms with Gasteiger partial charge in [0, 0.05) is 19.0 Å². The summed E-state index contributed by atoms with van der Waals surface area (Å²) in [6.07, 6.45) is 10.1. The Bertz CT molecular complexity index is 386. The van der Waals surface area contributed by atoms with Crippen LogP contribution in [0.25, 0.3) is 0 Å². The van der Waals surface area contributed by atoms with Crippen molar-refractivity contribution < 1.29 is 14.3 Å². The fourth-order valence-corrected chi connectivity index (χ4v) is 2.97. The topological polar surface area (TPSA) is 46.6 Å². The van der Waals surface area contributed by atoms with Crippen LogP contribution in [0.4, 0.5) is 0 Å². The molecule has 0 fully saturated rings. The molecule has 0 aromatic rings. The zero-order valence-corrected chi connectivity index (χ0v) is 14.4. The van der Waals surface area contributed by atoms with Gasteiger partial charge in [-0.15, -0.1) is 0 Å². The molecule has 0 N–H and O–H groups in total. The second kappa shape index (κ2) is 10.4. The first-order valence-electron chi connectivity index (χ1n) is 8.65. The predicted molar refractivity (Wildman–Crippen MR) is 88.5 cm³/mol. The predicted octanol–water partition coefficient (Wildman–Crippen LogP) is 3.70. The third kappa shape index (κ3) is 6.20. The lowest BCUT2D eigenvalue weighted by atomic mass is 9.96. The summed E-state index contributed by atoms with van der Waals surface area (Å²) < 4.78 is 4.70. The first-order chi connectivity index (χ1) is 10.6. The van der Waals surface area contributed by atoms with E-state index in [0.29, 0.717) is 6.54 Å². The number of nitrogens with zero attached hydrogens (tertiary/aromatic N) is 1. The van der Waals surface area contributed by atoms with Gasteiger partial charge >= 0.3 is 5.97 Å². The van der Waals surface area contributed by atoms with Crippen molar-refractivity contribution in [1.82, 2.24) is 4.90 Å². The summed E-state index contributed by atoms with van der Waals surface area (Å²) in [6, 6.07) is 0. The molecule has 4 nitrogen and oxygen atoms in total. The molecule has 0 unspecified atom stereocenters. The van der Waals surface area contributed by atoms with E-state index in [0.717, 1.165) is 38.6 Å². The van der Waals surface area contributed by atoms with Crippen LogP contribution in [-0.2, 0) is 14.3 Å². The number of allylic oxidation sites excluding steroid dienone is 1. The minimum absolute atomic E-state index is 0.0676. The number of ether oxygens (including phenoxy) is 1. The molecule has 0 aromatic heterocycles. The number of amides is 1. The fraction of sp³-hybridized carbons (Fsp3) is 0.778. The molecule has 1 aliphatic carbocycles. The smallest absolute Gasteiger partial charge is 0.307 e. The van der Waals surface area contributed by atoms with E-state index in [2.05, 4.69) is 6.08 Å². The van der Waals surface area contributed by atoms with Crippen LogP contribution in [-0.4, -0.2) is 37.0 Å². The Morgan fingerprint density at radius 3 is 2.50 bits per heavy atom. The van der Waals surface area contributed by atoms with Gasteiger partial charge in [0.05, 0.1) is 13.5 Å². The molecule has 0 saturated heterocycles. The van der Waals surface area contributed by atoms with Crippen LogP contribution in [0, 0.1) is 5.92 Å². The molecule has 0 heterocycles. The molecule has 0 bridgehead atoms. The van der Waals surface area contributed by atoms with Crippen LogP contribution in [0.15, 0.2) is 11.6 Å². The van der Waals surface area contributed by atoms with Gasteiger partial charge in [-0.2, -0.15) is 0 Å². The number of rotatable bonds is 9. The number of carbonyl (C=O) groups excluding carboxylic acids is 2. The maximum atomic E-state index is 12.6. The highest BCUT2D eigenvalue weighted by atomic mass is 16.5. The lowest BCUT2D eigenvalue weighted by Gasteiger charge is -2.27. The molecule has 0 saturated carbocycles. The van der Waals surface area contributed by atoms with Gasteiger partial charge in [0.1, 0.15) is 0 Å². The average molecular weight is 309 g/mol. The van der Waals surface area contributed by atoms with E-state index in [9.17, 15) is 9.59 Å². The maximum absolute atomic E-state index is 12.6. The molecule has 0 radical (unpaired) electrons. The van der Waals surface area contributed by atoms with Crippen LogP contribution in [0.1, 0.15) is 65.2 Å². The summed E-state index contributed by atoms with van der Waals surface area (Å²) in [5.74, 6) is 0.00234. The van der Waals surface area contributed by atoms with Crippen molar-refractivity contribution in [3.05, 3.63) is 11.6 Å². The van der Waals surface area contributed by atoms with Gasteiger partial charge in [-0.1, -0.05) is 25.5 Å². The number of hydrogen-bond acceptors (Lipinski definition) is 3. The largest absolute Gasteiger partial charge is 0.469 e. The van der Waals surface area contributed by atoms with Crippen molar-refractivity contribution in [2.75, 3.05) is 20.2 Å². The van der Waals surface area contributed by atoms with Crippen molar-refractivity contribution in [2.24, 2.45) is 5.92 Å². The highest BCUT2D eigenvalue weighted by molar-refractivity contribution is 5.79. The molecular weight excluding hydrogens is 278 g/mol. The van der Waals surface area contributed by atoms with Crippen LogP contribution in [0.2, 0.25) is 0 Å². The minimum atomic E-state index is -0.251. The first kappa shape index (κ1) is 18.7. The maximum Gasteiger partial charge on any atom is 0.307 e. The zero-order valence-electron chi connectivity index (χ0n) is 14.4. The van der Waals surface area contributed by atoms with Crippen molar-refractivity contribution >= 4 is 11.9 Å². The molecule has 0 aliphatic heterocycles. The van der Waals surface area contributed by atoms with Gasteiger partial charge in [-0.05, 0) is 44.9 Å². The monoisotopic (exact) mass is 309 g/mol. The molecule has 0 atom stereocenters. The molecule has 1 amide bonds. The van der Waals surface area contributed by atoms with Gasteiger partial charge < -0.3 is 9.64 Å². The Labute approximate surface area is 134 Å². The van der Waals surface area contributed by atoms with Crippen molar-refractivity contribution in [3.8, 4) is 0 Å². The second-order valence-electron chi connectivity index (χ2n) is 6.02. The Balaban J connectivity index is 2.61. The van der Waals surface area contributed by atoms with Gasteiger partial charge in [0.15, 0.2) is 0 Å². The third-order valence-corrected chi connectivity index (χ3v) is 4.55. The summed E-state index contributed by atoms with van der Waals surface area (Å²) in [6.45, 7) is 5.29. The van der Waals surface area contributed by atoms with E-state index in [1.807, 2.05) is 18.7 Å². The normalized spacial score (nSPS) is 14.6. The Hall–Kier alpha value is -1.32. The molecule has 126 valence electrons. The molecule has 4 heteroatoms. The molecule has 0 spiro atoms. The number of methoxy groups -OCH3 is 1. The average Bonchev–Trinajstić information content (AvgIpc) is 2.56. The summed E-state index contributed by atoms with van der Waals surface area (Å²) in [5, 5.41) is 0. The molecular formula is C18H31NO3. The minimum Gasteiger partial charge on any atom is -0.469 e. The summed E-state index contributed by atoms with van der Waals surface area (Å²) >= 11 is 0. The Morgan fingerprint density at radius 1 is 1.23 bits per heavy atom. The fourth-order valence-electron chi connectivity index (χ4n) is 2.97. The van der Waals surface area contributed by atoms with E-state index in [4.69, 9.17) is 4.74 Å². The number of hydrogen-bond donors (Lipinski definition) is 0. The standard InChI is InChI=1S/C18H31NO3/c1-4-16(5-2)18(21)19(14-12-17(20)22-3)13-11-15-9-7-6-8-10-15/h9,16H,4-8,10-14H2,1-3H3. The highest BCUT2D eigenvalue weighted by Crippen LogP contribution is 2.21. The van der Waals surface area contributed by atoms with E-state index >= 15 is 0 Å². The summed E-state index contributed by atoms with van der Waals surface area (Å²) in [5.41, 5.74) is 1.46. The van der Waals surface area contributed by atoms with Crippen LogP contribution in [0.3, 0.4) is 0 Å². The Kier molecular flexibility index (Phi) is 8.86. The molecule has 22 heavy (non-hydrogen) atoms. The quantitative estimate of drug-likeness (QED) is 0.482. The first-order valence-corrected chi connectivity index (χ1v) is 8.65. The second-order valence-corrected chi connectivity index (χ2v) is 6.02. The van der Waals surface area contributed by atoms with E-state index in [1.165, 1.54) is 25.5 Å². The van der Waals surface area contributed by atoms with Crippen molar-refractivity contribution in [2.45, 2.75) is 65.2 Å². The third-order valence-electron chi connectivity index (χ3n) is 4.55. The SMILES string of the molecule is CCC(CC)C(=O)N(CCC(=O)OC)CCC1=CCCCC1. The van der Waals surface area contributed by atoms with E-state index < -0.39 is 0 Å².